The van der Waals surface area contributed by atoms with Crippen LogP contribution in [-0.4, -0.2) is 0 Å². The van der Waals surface area contributed by atoms with Crippen LogP contribution in [0.4, 0.5) is 10.1 Å². The molecular formula is C13H11FN2S. The van der Waals surface area contributed by atoms with Crippen LogP contribution in [0.15, 0.2) is 35.0 Å². The lowest BCUT2D eigenvalue weighted by atomic mass is 10.1. The summed E-state index contributed by atoms with van der Waals surface area (Å²) in [5.41, 5.74) is 1.92. The van der Waals surface area contributed by atoms with Crippen molar-refractivity contribution in [3.05, 3.63) is 52.0 Å². The van der Waals surface area contributed by atoms with Gasteiger partial charge in [-0.15, -0.1) is 0 Å². The van der Waals surface area contributed by atoms with Crippen molar-refractivity contribution in [1.29, 1.82) is 5.26 Å². The molecule has 0 bridgehead atoms. The molecule has 1 N–H and O–H groups in total. The fourth-order valence-electron chi connectivity index (χ4n) is 1.55. The molecule has 0 aliphatic rings. The van der Waals surface area contributed by atoms with E-state index in [0.29, 0.717) is 5.69 Å². The number of nitriles is 1. The third-order valence-corrected chi connectivity index (χ3v) is 3.22. The molecule has 2 rings (SSSR count). The average Bonchev–Trinajstić information content (AvgIpc) is 2.82. The van der Waals surface area contributed by atoms with Crippen LogP contribution in [-0.2, 0) is 0 Å². The molecule has 0 saturated heterocycles. The molecule has 1 aromatic heterocycles. The Morgan fingerprint density at radius 2 is 2.24 bits per heavy atom. The SMILES string of the molecule is CC(Nc1ccc(C#N)c(F)c1)c1ccsc1. The van der Waals surface area contributed by atoms with Crippen LogP contribution in [0.2, 0.25) is 0 Å². The van der Waals surface area contributed by atoms with Gasteiger partial charge in [-0.2, -0.15) is 16.6 Å². The van der Waals surface area contributed by atoms with E-state index in [1.165, 1.54) is 17.7 Å². The molecule has 1 heterocycles. The van der Waals surface area contributed by atoms with E-state index in [-0.39, 0.29) is 11.6 Å². The summed E-state index contributed by atoms with van der Waals surface area (Å²) in [7, 11) is 0. The van der Waals surface area contributed by atoms with Gasteiger partial charge in [-0.3, -0.25) is 0 Å². The third kappa shape index (κ3) is 2.63. The first kappa shape index (κ1) is 11.6. The fourth-order valence-corrected chi connectivity index (χ4v) is 2.30. The van der Waals surface area contributed by atoms with Gasteiger partial charge < -0.3 is 5.32 Å². The number of hydrogen-bond donors (Lipinski definition) is 1. The predicted octanol–water partition coefficient (Wildman–Crippen LogP) is 3.93. The Labute approximate surface area is 103 Å². The van der Waals surface area contributed by atoms with Gasteiger partial charge in [0.15, 0.2) is 0 Å². The zero-order valence-electron chi connectivity index (χ0n) is 9.27. The van der Waals surface area contributed by atoms with Crippen LogP contribution in [0.25, 0.3) is 0 Å². The van der Waals surface area contributed by atoms with Crippen LogP contribution in [0, 0.1) is 17.1 Å². The summed E-state index contributed by atoms with van der Waals surface area (Å²) in [4.78, 5) is 0. The summed E-state index contributed by atoms with van der Waals surface area (Å²) in [6.45, 7) is 2.01. The van der Waals surface area contributed by atoms with Crippen molar-refractivity contribution in [3.63, 3.8) is 0 Å². The molecule has 0 amide bonds. The van der Waals surface area contributed by atoms with E-state index >= 15 is 0 Å². The molecule has 0 aliphatic heterocycles. The normalized spacial score (nSPS) is 11.8. The second kappa shape index (κ2) is 4.98. The van der Waals surface area contributed by atoms with Gasteiger partial charge in [0, 0.05) is 11.7 Å². The minimum atomic E-state index is -0.491. The first-order valence-electron chi connectivity index (χ1n) is 5.19. The van der Waals surface area contributed by atoms with Crippen molar-refractivity contribution in [1.82, 2.24) is 0 Å². The van der Waals surface area contributed by atoms with E-state index in [1.807, 2.05) is 18.4 Å². The van der Waals surface area contributed by atoms with Crippen LogP contribution in [0.1, 0.15) is 24.1 Å². The summed E-state index contributed by atoms with van der Waals surface area (Å²) in [6, 6.07) is 8.50. The van der Waals surface area contributed by atoms with Crippen molar-refractivity contribution < 1.29 is 4.39 Å². The summed E-state index contributed by atoms with van der Waals surface area (Å²) >= 11 is 1.63. The largest absolute Gasteiger partial charge is 0.378 e. The minimum Gasteiger partial charge on any atom is -0.378 e. The number of anilines is 1. The van der Waals surface area contributed by atoms with Crippen LogP contribution >= 0.6 is 11.3 Å². The summed E-state index contributed by atoms with van der Waals surface area (Å²) in [5, 5.41) is 15.9. The Kier molecular flexibility index (Phi) is 3.40. The lowest BCUT2D eigenvalue weighted by molar-refractivity contribution is 0.624. The second-order valence-electron chi connectivity index (χ2n) is 3.73. The highest BCUT2D eigenvalue weighted by atomic mass is 32.1. The maximum atomic E-state index is 13.4. The molecule has 0 spiro atoms. The Hall–Kier alpha value is -1.86. The number of nitrogens with zero attached hydrogens (tertiary/aromatic N) is 1. The zero-order chi connectivity index (χ0) is 12.3. The smallest absolute Gasteiger partial charge is 0.143 e. The molecule has 86 valence electrons. The molecule has 0 fully saturated rings. The number of benzene rings is 1. The first-order chi connectivity index (χ1) is 8.20. The van der Waals surface area contributed by atoms with E-state index in [1.54, 1.807) is 23.5 Å². The highest BCUT2D eigenvalue weighted by Crippen LogP contribution is 2.22. The number of hydrogen-bond acceptors (Lipinski definition) is 3. The van der Waals surface area contributed by atoms with Gasteiger partial charge in [0.05, 0.1) is 5.56 Å². The predicted molar refractivity (Wildman–Crippen MR) is 67.5 cm³/mol. The van der Waals surface area contributed by atoms with Crippen LogP contribution in [0.3, 0.4) is 0 Å². The summed E-state index contributed by atoms with van der Waals surface area (Å²) in [6.07, 6.45) is 0. The van der Waals surface area contributed by atoms with E-state index in [2.05, 4.69) is 10.7 Å². The average molecular weight is 246 g/mol. The lowest BCUT2D eigenvalue weighted by Crippen LogP contribution is -2.05. The molecule has 0 radical (unpaired) electrons. The number of rotatable bonds is 3. The van der Waals surface area contributed by atoms with Gasteiger partial charge >= 0.3 is 0 Å². The Morgan fingerprint density at radius 3 is 2.82 bits per heavy atom. The van der Waals surface area contributed by atoms with Crippen LogP contribution < -0.4 is 5.32 Å². The molecule has 17 heavy (non-hydrogen) atoms. The van der Waals surface area contributed by atoms with Crippen LogP contribution in [0.5, 0.6) is 0 Å². The van der Waals surface area contributed by atoms with Crippen molar-refractivity contribution in [2.75, 3.05) is 5.32 Å². The number of halogens is 1. The van der Waals surface area contributed by atoms with Gasteiger partial charge in [-0.1, -0.05) is 0 Å². The highest BCUT2D eigenvalue weighted by molar-refractivity contribution is 7.07. The molecule has 1 aromatic carbocycles. The van der Waals surface area contributed by atoms with E-state index in [0.717, 1.165) is 0 Å². The Balaban J connectivity index is 2.15. The Bertz CT molecular complexity index is 543. The zero-order valence-corrected chi connectivity index (χ0v) is 10.1. The molecular weight excluding hydrogens is 235 g/mol. The quantitative estimate of drug-likeness (QED) is 0.890. The van der Waals surface area contributed by atoms with Gasteiger partial charge in [0.25, 0.3) is 0 Å². The number of nitrogens with one attached hydrogen (secondary N) is 1. The van der Waals surface area contributed by atoms with E-state index < -0.39 is 5.82 Å². The van der Waals surface area contributed by atoms with E-state index in [4.69, 9.17) is 5.26 Å². The maximum Gasteiger partial charge on any atom is 0.143 e. The van der Waals surface area contributed by atoms with Crippen molar-refractivity contribution in [2.24, 2.45) is 0 Å². The molecule has 0 aliphatic carbocycles. The van der Waals surface area contributed by atoms with E-state index in [9.17, 15) is 4.39 Å². The molecule has 2 nitrogen and oxygen atoms in total. The summed E-state index contributed by atoms with van der Waals surface area (Å²) in [5.74, 6) is -0.491. The minimum absolute atomic E-state index is 0.0683. The maximum absolute atomic E-state index is 13.4. The van der Waals surface area contributed by atoms with Gasteiger partial charge in [0.1, 0.15) is 11.9 Å². The van der Waals surface area contributed by atoms with Crippen molar-refractivity contribution in [3.8, 4) is 6.07 Å². The second-order valence-corrected chi connectivity index (χ2v) is 4.51. The van der Waals surface area contributed by atoms with Gasteiger partial charge in [-0.25, -0.2) is 4.39 Å². The van der Waals surface area contributed by atoms with Gasteiger partial charge in [0.2, 0.25) is 0 Å². The van der Waals surface area contributed by atoms with Gasteiger partial charge in [-0.05, 0) is 47.5 Å². The molecule has 2 aromatic rings. The monoisotopic (exact) mass is 246 g/mol. The van der Waals surface area contributed by atoms with Crippen molar-refractivity contribution in [2.45, 2.75) is 13.0 Å². The highest BCUT2D eigenvalue weighted by Gasteiger charge is 2.07. The fraction of sp³-hybridized carbons (Fsp3) is 0.154. The third-order valence-electron chi connectivity index (χ3n) is 2.52. The lowest BCUT2D eigenvalue weighted by Gasteiger charge is -2.14. The first-order valence-corrected chi connectivity index (χ1v) is 6.13. The molecule has 1 unspecified atom stereocenters. The van der Waals surface area contributed by atoms with Crippen molar-refractivity contribution >= 4 is 17.0 Å². The Morgan fingerprint density at radius 1 is 1.41 bits per heavy atom. The number of thiophene rings is 1. The molecule has 1 atom stereocenters. The topological polar surface area (TPSA) is 35.8 Å². The molecule has 4 heteroatoms. The standard InChI is InChI=1S/C13H11FN2S/c1-9(11-4-5-17-8-11)16-12-3-2-10(7-15)13(14)6-12/h2-6,8-9,16H,1H3. The summed E-state index contributed by atoms with van der Waals surface area (Å²) < 4.78 is 13.4. The molecule has 0 saturated carbocycles.